The predicted octanol–water partition coefficient (Wildman–Crippen LogP) is 1.99. The highest BCUT2D eigenvalue weighted by Crippen LogP contribution is 2.24. The fourth-order valence-corrected chi connectivity index (χ4v) is 3.03. The molecule has 7 heteroatoms. The second-order valence-electron chi connectivity index (χ2n) is 4.61. The van der Waals surface area contributed by atoms with Gasteiger partial charge >= 0.3 is 5.69 Å². The van der Waals surface area contributed by atoms with Crippen LogP contribution in [0.15, 0.2) is 21.2 Å². The van der Waals surface area contributed by atoms with Crippen LogP contribution in [0, 0.1) is 0 Å². The Balaban J connectivity index is 2.77. The van der Waals surface area contributed by atoms with Crippen LogP contribution in [0.4, 0.5) is 0 Å². The molecule has 0 aliphatic rings. The molecule has 19 heavy (non-hydrogen) atoms. The maximum absolute atomic E-state index is 12.4. The molecular weight excluding hydrogens is 286 g/mol. The molecule has 5 nitrogen and oxygen atoms in total. The Kier molecular flexibility index (Phi) is 3.64. The molecule has 2 aromatic rings. The van der Waals surface area contributed by atoms with Crippen molar-refractivity contribution in [3.05, 3.63) is 48.1 Å². The zero-order valence-corrected chi connectivity index (χ0v) is 12.4. The molecule has 2 rings (SSSR count). The predicted molar refractivity (Wildman–Crippen MR) is 76.2 cm³/mol. The van der Waals surface area contributed by atoms with E-state index in [1.54, 1.807) is 20.0 Å². The first kappa shape index (κ1) is 14.0. The number of aromatic nitrogens is 3. The van der Waals surface area contributed by atoms with Crippen molar-refractivity contribution in [2.45, 2.75) is 32.7 Å². The van der Waals surface area contributed by atoms with Gasteiger partial charge in [0.25, 0.3) is 5.56 Å². The van der Waals surface area contributed by atoms with Crippen molar-refractivity contribution >= 4 is 22.9 Å². The molecule has 0 aliphatic heterocycles. The van der Waals surface area contributed by atoms with Gasteiger partial charge in [0.15, 0.2) is 0 Å². The van der Waals surface area contributed by atoms with Crippen LogP contribution < -0.4 is 11.2 Å². The highest BCUT2D eigenvalue weighted by Gasteiger charge is 2.30. The van der Waals surface area contributed by atoms with Crippen LogP contribution in [0.3, 0.4) is 0 Å². The van der Waals surface area contributed by atoms with Crippen molar-refractivity contribution in [1.29, 1.82) is 0 Å². The molecule has 0 atom stereocenters. The zero-order valence-electron chi connectivity index (χ0n) is 10.9. The molecular formula is C12H14ClN3O2S. The summed E-state index contributed by atoms with van der Waals surface area (Å²) in [6, 6.07) is 0. The van der Waals surface area contributed by atoms with E-state index in [0.29, 0.717) is 17.0 Å². The lowest BCUT2D eigenvalue weighted by atomic mass is 10.1. The standard InChI is InChI=1S/C12H14ClN3O2S/c1-4-7-8(13)15-11(18)16(9(7)17)12(2,3)10-14-5-6-19-10/h5-6H,4H2,1-3H3,(H,15,18). The lowest BCUT2D eigenvalue weighted by Gasteiger charge is -2.24. The molecule has 0 unspecified atom stereocenters. The second kappa shape index (κ2) is 4.94. The summed E-state index contributed by atoms with van der Waals surface area (Å²) in [5, 5.41) is 2.63. The van der Waals surface area contributed by atoms with E-state index < -0.39 is 11.2 Å². The second-order valence-corrected chi connectivity index (χ2v) is 5.89. The molecule has 1 N–H and O–H groups in total. The monoisotopic (exact) mass is 299 g/mol. The number of nitrogens with one attached hydrogen (secondary N) is 1. The molecule has 0 saturated heterocycles. The number of thiazole rings is 1. The van der Waals surface area contributed by atoms with Crippen LogP contribution in [-0.4, -0.2) is 14.5 Å². The number of hydrogen-bond acceptors (Lipinski definition) is 4. The molecule has 0 amide bonds. The minimum atomic E-state index is -0.812. The summed E-state index contributed by atoms with van der Waals surface area (Å²) in [7, 11) is 0. The van der Waals surface area contributed by atoms with Crippen molar-refractivity contribution in [3.63, 3.8) is 0 Å². The van der Waals surface area contributed by atoms with Gasteiger partial charge in [0, 0.05) is 11.6 Å². The average molecular weight is 300 g/mol. The number of halogens is 1. The summed E-state index contributed by atoms with van der Waals surface area (Å²) in [5.74, 6) is 0. The van der Waals surface area contributed by atoms with Gasteiger partial charge in [-0.3, -0.25) is 9.78 Å². The highest BCUT2D eigenvalue weighted by atomic mass is 35.5. The Morgan fingerprint density at radius 3 is 2.68 bits per heavy atom. The lowest BCUT2D eigenvalue weighted by molar-refractivity contribution is 0.398. The van der Waals surface area contributed by atoms with Crippen molar-refractivity contribution in [2.75, 3.05) is 0 Å². The Labute approximate surface area is 118 Å². The largest absolute Gasteiger partial charge is 0.330 e. The molecule has 0 bridgehead atoms. The van der Waals surface area contributed by atoms with E-state index in [-0.39, 0.29) is 10.7 Å². The van der Waals surface area contributed by atoms with E-state index in [9.17, 15) is 9.59 Å². The van der Waals surface area contributed by atoms with Gasteiger partial charge in [-0.15, -0.1) is 11.3 Å². The summed E-state index contributed by atoms with van der Waals surface area (Å²) >= 11 is 7.30. The molecule has 2 aromatic heterocycles. The van der Waals surface area contributed by atoms with Crippen LogP contribution in [-0.2, 0) is 12.0 Å². The van der Waals surface area contributed by atoms with E-state index in [4.69, 9.17) is 11.6 Å². The first-order valence-electron chi connectivity index (χ1n) is 5.83. The molecule has 2 heterocycles. The summed E-state index contributed by atoms with van der Waals surface area (Å²) in [5.41, 5.74) is -1.29. The smallest absolute Gasteiger partial charge is 0.297 e. The van der Waals surface area contributed by atoms with E-state index in [0.717, 1.165) is 0 Å². The molecule has 0 aliphatic carbocycles. The van der Waals surface area contributed by atoms with Crippen LogP contribution in [0.1, 0.15) is 31.3 Å². The first-order chi connectivity index (χ1) is 8.89. The van der Waals surface area contributed by atoms with Gasteiger partial charge in [-0.2, -0.15) is 0 Å². The van der Waals surface area contributed by atoms with Gasteiger partial charge < -0.3 is 0 Å². The Morgan fingerprint density at radius 2 is 2.16 bits per heavy atom. The number of aromatic amines is 1. The molecule has 0 spiro atoms. The molecule has 0 radical (unpaired) electrons. The van der Waals surface area contributed by atoms with Gasteiger partial charge in [0.1, 0.15) is 10.2 Å². The number of H-pyrrole nitrogens is 1. The lowest BCUT2D eigenvalue weighted by Crippen LogP contribution is -2.48. The Morgan fingerprint density at radius 1 is 1.47 bits per heavy atom. The summed E-state index contributed by atoms with van der Waals surface area (Å²) in [6.07, 6.45) is 2.11. The fraction of sp³-hybridized carbons (Fsp3) is 0.417. The van der Waals surface area contributed by atoms with Crippen LogP contribution in [0.25, 0.3) is 0 Å². The minimum absolute atomic E-state index is 0.115. The Hall–Kier alpha value is -1.40. The van der Waals surface area contributed by atoms with Gasteiger partial charge in [-0.25, -0.2) is 14.3 Å². The normalized spacial score (nSPS) is 11.8. The van der Waals surface area contributed by atoms with Crippen LogP contribution in [0.2, 0.25) is 5.15 Å². The Bertz CT molecular complexity index is 701. The third kappa shape index (κ3) is 2.26. The van der Waals surface area contributed by atoms with Crippen LogP contribution in [0.5, 0.6) is 0 Å². The SMILES string of the molecule is CCc1c(Cl)[nH]c(=O)n(C(C)(C)c2nccs2)c1=O. The third-order valence-corrected chi connectivity index (χ3v) is 4.42. The quantitative estimate of drug-likeness (QED) is 0.881. The fourth-order valence-electron chi connectivity index (χ4n) is 1.98. The van der Waals surface area contributed by atoms with Crippen molar-refractivity contribution < 1.29 is 0 Å². The van der Waals surface area contributed by atoms with E-state index in [2.05, 4.69) is 9.97 Å². The van der Waals surface area contributed by atoms with Gasteiger partial charge in [-0.1, -0.05) is 18.5 Å². The summed E-state index contributed by atoms with van der Waals surface area (Å²) in [4.78, 5) is 31.2. The van der Waals surface area contributed by atoms with Crippen molar-refractivity contribution in [2.24, 2.45) is 0 Å². The molecule has 0 fully saturated rings. The summed E-state index contributed by atoms with van der Waals surface area (Å²) in [6.45, 7) is 5.40. The maximum atomic E-state index is 12.4. The number of rotatable bonds is 3. The average Bonchev–Trinajstić information content (AvgIpc) is 2.82. The topological polar surface area (TPSA) is 67.8 Å². The zero-order chi connectivity index (χ0) is 14.2. The summed E-state index contributed by atoms with van der Waals surface area (Å²) < 4.78 is 1.18. The van der Waals surface area contributed by atoms with Crippen molar-refractivity contribution in [3.8, 4) is 0 Å². The minimum Gasteiger partial charge on any atom is -0.297 e. The number of hydrogen-bond donors (Lipinski definition) is 1. The number of nitrogens with zero attached hydrogens (tertiary/aromatic N) is 2. The van der Waals surface area contributed by atoms with Crippen LogP contribution >= 0.6 is 22.9 Å². The molecule has 0 aromatic carbocycles. The third-order valence-electron chi connectivity index (χ3n) is 3.01. The molecule has 0 saturated carbocycles. The van der Waals surface area contributed by atoms with E-state index >= 15 is 0 Å². The van der Waals surface area contributed by atoms with Crippen molar-refractivity contribution in [1.82, 2.24) is 14.5 Å². The van der Waals surface area contributed by atoms with E-state index in [1.165, 1.54) is 15.9 Å². The first-order valence-corrected chi connectivity index (χ1v) is 7.09. The van der Waals surface area contributed by atoms with Gasteiger partial charge in [0.05, 0.1) is 11.1 Å². The van der Waals surface area contributed by atoms with Gasteiger partial charge in [0.2, 0.25) is 0 Å². The highest BCUT2D eigenvalue weighted by molar-refractivity contribution is 7.09. The maximum Gasteiger partial charge on any atom is 0.330 e. The molecule has 102 valence electrons. The van der Waals surface area contributed by atoms with Gasteiger partial charge in [-0.05, 0) is 20.3 Å². The van der Waals surface area contributed by atoms with E-state index in [1.807, 2.05) is 12.3 Å².